The molecule has 0 aliphatic rings. The number of ether oxygens (including phenoxy) is 1. The van der Waals surface area contributed by atoms with Gasteiger partial charge in [0.05, 0.1) is 0 Å². The summed E-state index contributed by atoms with van der Waals surface area (Å²) in [6.45, 7) is 6.76. The Morgan fingerprint density at radius 2 is 1.95 bits per heavy atom. The number of nitrogens with one attached hydrogen (secondary N) is 2. The summed E-state index contributed by atoms with van der Waals surface area (Å²) in [5.74, 6) is -0.350. The largest absolute Gasteiger partial charge is 0.508 e. The minimum atomic E-state index is -0.757. The van der Waals surface area contributed by atoms with Crippen LogP contribution in [0.1, 0.15) is 27.7 Å². The van der Waals surface area contributed by atoms with E-state index in [-0.39, 0.29) is 5.75 Å². The number of carbonyl (C=O) groups is 2. The van der Waals surface area contributed by atoms with Gasteiger partial charge in [-0.05, 0) is 39.8 Å². The maximum Gasteiger partial charge on any atom is 0.408 e. The van der Waals surface area contributed by atoms with Gasteiger partial charge in [0.1, 0.15) is 17.4 Å². The average Bonchev–Trinajstić information content (AvgIpc) is 2.25. The number of carbonyl (C=O) groups excluding carboxylic acids is 2. The van der Waals surface area contributed by atoms with Crippen molar-refractivity contribution in [1.29, 1.82) is 0 Å². The lowest BCUT2D eigenvalue weighted by molar-refractivity contribution is -0.117. The summed E-state index contributed by atoms with van der Waals surface area (Å²) in [6, 6.07) is 5.40. The van der Waals surface area contributed by atoms with Crippen molar-refractivity contribution < 1.29 is 19.4 Å². The van der Waals surface area contributed by atoms with Crippen LogP contribution in [0.4, 0.5) is 10.5 Å². The van der Waals surface area contributed by atoms with Gasteiger partial charge in [0.15, 0.2) is 0 Å². The second-order valence-corrected chi connectivity index (χ2v) is 5.41. The molecular weight excluding hydrogens is 260 g/mol. The first-order valence-electron chi connectivity index (χ1n) is 6.27. The van der Waals surface area contributed by atoms with Gasteiger partial charge in [0.2, 0.25) is 5.91 Å². The Labute approximate surface area is 118 Å². The highest BCUT2D eigenvalue weighted by Gasteiger charge is 2.21. The fourth-order valence-electron chi connectivity index (χ4n) is 1.38. The Balaban J connectivity index is 2.53. The number of benzene rings is 1. The lowest BCUT2D eigenvalue weighted by Gasteiger charge is -2.21. The predicted octanol–water partition coefficient (Wildman–Crippen LogP) is 2.24. The maximum absolute atomic E-state index is 11.9. The van der Waals surface area contributed by atoms with Gasteiger partial charge in [-0.1, -0.05) is 6.07 Å². The number of amides is 2. The second kappa shape index (κ2) is 6.27. The van der Waals surface area contributed by atoms with E-state index < -0.39 is 23.6 Å². The van der Waals surface area contributed by atoms with Gasteiger partial charge in [-0.2, -0.15) is 0 Å². The van der Waals surface area contributed by atoms with Crippen molar-refractivity contribution in [2.45, 2.75) is 39.3 Å². The molecular formula is C14H20N2O4. The molecule has 0 heterocycles. The van der Waals surface area contributed by atoms with Gasteiger partial charge < -0.3 is 20.5 Å². The van der Waals surface area contributed by atoms with Crippen LogP contribution in [-0.4, -0.2) is 28.7 Å². The van der Waals surface area contributed by atoms with E-state index in [9.17, 15) is 14.7 Å². The molecule has 110 valence electrons. The summed E-state index contributed by atoms with van der Waals surface area (Å²) < 4.78 is 5.06. The third-order valence-electron chi connectivity index (χ3n) is 2.24. The second-order valence-electron chi connectivity index (χ2n) is 5.41. The molecule has 6 heteroatoms. The zero-order chi connectivity index (χ0) is 15.3. The summed E-state index contributed by atoms with van der Waals surface area (Å²) in [4.78, 5) is 23.4. The Morgan fingerprint density at radius 3 is 2.50 bits per heavy atom. The summed E-state index contributed by atoms with van der Waals surface area (Å²) in [5.41, 5.74) is -0.168. The molecule has 0 saturated heterocycles. The molecule has 0 fully saturated rings. The van der Waals surface area contributed by atoms with Crippen LogP contribution in [0.15, 0.2) is 24.3 Å². The van der Waals surface area contributed by atoms with Crippen LogP contribution >= 0.6 is 0 Å². The van der Waals surface area contributed by atoms with Crippen molar-refractivity contribution in [3.63, 3.8) is 0 Å². The van der Waals surface area contributed by atoms with Gasteiger partial charge in [-0.3, -0.25) is 4.79 Å². The topological polar surface area (TPSA) is 87.7 Å². The summed E-state index contributed by atoms with van der Waals surface area (Å²) >= 11 is 0. The SMILES string of the molecule is CC(NC(=O)OC(C)(C)C)C(=O)Nc1cccc(O)c1. The number of rotatable bonds is 3. The van der Waals surface area contributed by atoms with Crippen LogP contribution in [-0.2, 0) is 9.53 Å². The first kappa shape index (κ1) is 15.8. The van der Waals surface area contributed by atoms with Gasteiger partial charge in [-0.25, -0.2) is 4.79 Å². The van der Waals surface area contributed by atoms with E-state index in [2.05, 4.69) is 10.6 Å². The van der Waals surface area contributed by atoms with E-state index in [1.807, 2.05) is 0 Å². The molecule has 0 aliphatic heterocycles. The van der Waals surface area contributed by atoms with Crippen LogP contribution < -0.4 is 10.6 Å². The molecule has 6 nitrogen and oxygen atoms in total. The Bertz CT molecular complexity index is 494. The fraction of sp³-hybridized carbons (Fsp3) is 0.429. The van der Waals surface area contributed by atoms with Gasteiger partial charge >= 0.3 is 6.09 Å². The Morgan fingerprint density at radius 1 is 1.30 bits per heavy atom. The molecule has 1 atom stereocenters. The van der Waals surface area contributed by atoms with Crippen molar-refractivity contribution in [3.8, 4) is 5.75 Å². The number of phenolic OH excluding ortho intramolecular Hbond substituents is 1. The lowest BCUT2D eigenvalue weighted by Crippen LogP contribution is -2.43. The molecule has 20 heavy (non-hydrogen) atoms. The normalized spacial score (nSPS) is 12.4. The van der Waals surface area contributed by atoms with Crippen LogP contribution in [0.25, 0.3) is 0 Å². The number of aromatic hydroxyl groups is 1. The zero-order valence-electron chi connectivity index (χ0n) is 12.1. The quantitative estimate of drug-likeness (QED) is 0.792. The first-order chi connectivity index (χ1) is 9.17. The smallest absolute Gasteiger partial charge is 0.408 e. The highest BCUT2D eigenvalue weighted by molar-refractivity contribution is 5.96. The molecule has 0 aliphatic carbocycles. The first-order valence-corrected chi connectivity index (χ1v) is 6.27. The molecule has 1 aromatic carbocycles. The molecule has 0 saturated carbocycles. The zero-order valence-corrected chi connectivity index (χ0v) is 12.1. The van der Waals surface area contributed by atoms with Crippen molar-refractivity contribution in [1.82, 2.24) is 5.32 Å². The van der Waals surface area contributed by atoms with E-state index in [1.54, 1.807) is 39.8 Å². The van der Waals surface area contributed by atoms with Gasteiger partial charge in [-0.15, -0.1) is 0 Å². The number of hydrogen-bond donors (Lipinski definition) is 3. The molecule has 0 radical (unpaired) electrons. The maximum atomic E-state index is 11.9. The minimum absolute atomic E-state index is 0.0514. The summed E-state index contributed by atoms with van der Waals surface area (Å²) in [6.07, 6.45) is -0.656. The van der Waals surface area contributed by atoms with E-state index in [0.29, 0.717) is 5.69 Å². The van der Waals surface area contributed by atoms with Crippen molar-refractivity contribution >= 4 is 17.7 Å². The van der Waals surface area contributed by atoms with Crippen LogP contribution in [0, 0.1) is 0 Å². The summed E-state index contributed by atoms with van der Waals surface area (Å²) in [7, 11) is 0. The van der Waals surface area contributed by atoms with Crippen molar-refractivity contribution in [2.24, 2.45) is 0 Å². The highest BCUT2D eigenvalue weighted by atomic mass is 16.6. The van der Waals surface area contributed by atoms with Crippen LogP contribution in [0.5, 0.6) is 5.75 Å². The van der Waals surface area contributed by atoms with E-state index in [0.717, 1.165) is 0 Å². The molecule has 0 spiro atoms. The van der Waals surface area contributed by atoms with E-state index in [4.69, 9.17) is 4.74 Å². The number of alkyl carbamates (subject to hydrolysis) is 1. The Kier molecular flexibility index (Phi) is 4.96. The van der Waals surface area contributed by atoms with Crippen LogP contribution in [0.2, 0.25) is 0 Å². The number of anilines is 1. The van der Waals surface area contributed by atoms with E-state index in [1.165, 1.54) is 12.1 Å². The Hall–Kier alpha value is -2.24. The predicted molar refractivity (Wildman–Crippen MR) is 75.6 cm³/mol. The standard InChI is InChI=1S/C14H20N2O4/c1-9(15-13(19)20-14(2,3)4)12(18)16-10-6-5-7-11(17)8-10/h5-9,17H,1-4H3,(H,15,19)(H,16,18). The molecule has 2 amide bonds. The van der Waals surface area contributed by atoms with Gasteiger partial charge in [0.25, 0.3) is 0 Å². The highest BCUT2D eigenvalue weighted by Crippen LogP contribution is 2.15. The monoisotopic (exact) mass is 280 g/mol. The average molecular weight is 280 g/mol. The molecule has 3 N–H and O–H groups in total. The molecule has 0 aromatic heterocycles. The lowest BCUT2D eigenvalue weighted by atomic mass is 10.2. The third-order valence-corrected chi connectivity index (χ3v) is 2.24. The van der Waals surface area contributed by atoms with Gasteiger partial charge in [0, 0.05) is 11.8 Å². The van der Waals surface area contributed by atoms with Crippen molar-refractivity contribution in [2.75, 3.05) is 5.32 Å². The fourth-order valence-corrected chi connectivity index (χ4v) is 1.38. The third kappa shape index (κ3) is 5.60. The summed E-state index contributed by atoms with van der Waals surface area (Å²) in [5, 5.41) is 14.3. The molecule has 1 unspecified atom stereocenters. The number of hydrogen-bond acceptors (Lipinski definition) is 4. The molecule has 1 aromatic rings. The number of phenols is 1. The molecule has 1 rings (SSSR count). The van der Waals surface area contributed by atoms with Crippen LogP contribution in [0.3, 0.4) is 0 Å². The van der Waals surface area contributed by atoms with Crippen molar-refractivity contribution in [3.05, 3.63) is 24.3 Å². The molecule has 0 bridgehead atoms. The van der Waals surface area contributed by atoms with E-state index >= 15 is 0 Å². The minimum Gasteiger partial charge on any atom is -0.508 e.